The van der Waals surface area contributed by atoms with Gasteiger partial charge in [-0.2, -0.15) is 4.31 Å². The lowest BCUT2D eigenvalue weighted by molar-refractivity contribution is 0.466. The molecule has 2 heterocycles. The van der Waals surface area contributed by atoms with Gasteiger partial charge in [0.2, 0.25) is 10.0 Å². The second kappa shape index (κ2) is 5.64. The Hall–Kier alpha value is -1.50. The Bertz CT molecular complexity index is 662. The van der Waals surface area contributed by atoms with Gasteiger partial charge >= 0.3 is 0 Å². The summed E-state index contributed by atoms with van der Waals surface area (Å²) in [6.07, 6.45) is 4.64. The number of aromatic nitrogens is 2. The summed E-state index contributed by atoms with van der Waals surface area (Å²) >= 11 is 5.71. The van der Waals surface area contributed by atoms with E-state index in [2.05, 4.69) is 9.97 Å². The van der Waals surface area contributed by atoms with Gasteiger partial charge in [0.15, 0.2) is 0 Å². The highest BCUT2D eigenvalue weighted by atomic mass is 35.5. The van der Waals surface area contributed by atoms with Crippen molar-refractivity contribution in [3.63, 3.8) is 0 Å². The lowest BCUT2D eigenvalue weighted by Crippen LogP contribution is -2.26. The molecule has 2 rings (SSSR count). The number of nitrogens with zero attached hydrogens (tertiary/aromatic N) is 3. The molecule has 19 heavy (non-hydrogen) atoms. The van der Waals surface area contributed by atoms with Crippen LogP contribution in [0.15, 0.2) is 47.8 Å². The molecule has 100 valence electrons. The highest BCUT2D eigenvalue weighted by molar-refractivity contribution is 7.89. The Balaban J connectivity index is 2.25. The summed E-state index contributed by atoms with van der Waals surface area (Å²) in [7, 11) is -2.07. The van der Waals surface area contributed by atoms with E-state index in [9.17, 15) is 8.42 Å². The van der Waals surface area contributed by atoms with Gasteiger partial charge in [0.05, 0.1) is 4.90 Å². The molecule has 0 aliphatic carbocycles. The molecule has 7 heteroatoms. The van der Waals surface area contributed by atoms with Gasteiger partial charge in [-0.05, 0) is 23.8 Å². The average Bonchev–Trinajstić information content (AvgIpc) is 2.40. The van der Waals surface area contributed by atoms with E-state index in [0.717, 1.165) is 5.56 Å². The predicted molar refractivity (Wildman–Crippen MR) is 72.1 cm³/mol. The minimum atomic E-state index is -3.58. The second-order valence-corrected chi connectivity index (χ2v) is 6.37. The lowest BCUT2D eigenvalue weighted by Gasteiger charge is -2.17. The van der Waals surface area contributed by atoms with E-state index in [-0.39, 0.29) is 16.6 Å². The first kappa shape index (κ1) is 13.9. The number of rotatable bonds is 4. The van der Waals surface area contributed by atoms with Gasteiger partial charge < -0.3 is 0 Å². The van der Waals surface area contributed by atoms with Gasteiger partial charge in [-0.1, -0.05) is 17.7 Å². The van der Waals surface area contributed by atoms with Crippen LogP contribution in [-0.2, 0) is 16.6 Å². The van der Waals surface area contributed by atoms with Crippen LogP contribution < -0.4 is 0 Å². The quantitative estimate of drug-likeness (QED) is 0.809. The Labute approximate surface area is 116 Å². The van der Waals surface area contributed by atoms with Crippen LogP contribution in [0.4, 0.5) is 0 Å². The van der Waals surface area contributed by atoms with Crippen molar-refractivity contribution in [1.82, 2.24) is 14.3 Å². The first-order valence-corrected chi connectivity index (χ1v) is 7.29. The molecule has 0 radical (unpaired) electrons. The smallest absolute Gasteiger partial charge is 0.243 e. The van der Waals surface area contributed by atoms with E-state index in [1.54, 1.807) is 18.5 Å². The van der Waals surface area contributed by atoms with Crippen molar-refractivity contribution >= 4 is 21.6 Å². The summed E-state index contributed by atoms with van der Waals surface area (Å²) in [4.78, 5) is 7.85. The molecule has 0 aliphatic heterocycles. The topological polar surface area (TPSA) is 63.2 Å². The van der Waals surface area contributed by atoms with Gasteiger partial charge in [-0.25, -0.2) is 13.4 Å². The van der Waals surface area contributed by atoms with Crippen LogP contribution in [0.25, 0.3) is 0 Å². The second-order valence-electron chi connectivity index (χ2n) is 3.94. The summed E-state index contributed by atoms with van der Waals surface area (Å²) in [5.41, 5.74) is 0.814. The van der Waals surface area contributed by atoms with Crippen LogP contribution in [0.1, 0.15) is 5.56 Å². The number of hydrogen-bond acceptors (Lipinski definition) is 4. The molecule has 0 atom stereocenters. The van der Waals surface area contributed by atoms with Crippen molar-refractivity contribution in [2.24, 2.45) is 0 Å². The van der Waals surface area contributed by atoms with Crippen LogP contribution in [0.5, 0.6) is 0 Å². The summed E-state index contributed by atoms with van der Waals surface area (Å²) in [6.45, 7) is 0.246. The Morgan fingerprint density at radius 2 is 2.11 bits per heavy atom. The van der Waals surface area contributed by atoms with E-state index in [4.69, 9.17) is 11.6 Å². The predicted octanol–water partition coefficient (Wildman–Crippen LogP) is 1.95. The molecule has 0 spiro atoms. The van der Waals surface area contributed by atoms with E-state index in [0.29, 0.717) is 0 Å². The molecule has 0 saturated heterocycles. The fourth-order valence-electron chi connectivity index (χ4n) is 1.56. The number of hydrogen-bond donors (Lipinski definition) is 0. The maximum atomic E-state index is 12.3. The summed E-state index contributed by atoms with van der Waals surface area (Å²) < 4.78 is 25.9. The van der Waals surface area contributed by atoms with E-state index < -0.39 is 10.0 Å². The molecule has 2 aromatic heterocycles. The lowest BCUT2D eigenvalue weighted by atomic mass is 10.3. The van der Waals surface area contributed by atoms with Gasteiger partial charge in [0.25, 0.3) is 0 Å². The normalized spacial score (nSPS) is 11.7. The summed E-state index contributed by atoms with van der Waals surface area (Å²) in [5.74, 6) is 0. The molecule has 0 unspecified atom stereocenters. The summed E-state index contributed by atoms with van der Waals surface area (Å²) in [5, 5.41) is 0.149. The average molecular weight is 298 g/mol. The molecule has 0 aliphatic rings. The maximum absolute atomic E-state index is 12.3. The fourth-order valence-corrected chi connectivity index (χ4v) is 2.97. The maximum Gasteiger partial charge on any atom is 0.243 e. The van der Waals surface area contributed by atoms with E-state index in [1.165, 1.54) is 29.7 Å². The molecule has 2 aromatic rings. The zero-order chi connectivity index (χ0) is 13.9. The number of sulfonamides is 1. The Morgan fingerprint density at radius 1 is 1.32 bits per heavy atom. The van der Waals surface area contributed by atoms with Crippen LogP contribution in [0.2, 0.25) is 5.15 Å². The van der Waals surface area contributed by atoms with Crippen LogP contribution in [-0.4, -0.2) is 29.7 Å². The van der Waals surface area contributed by atoms with Crippen LogP contribution >= 0.6 is 11.6 Å². The third-order valence-corrected chi connectivity index (χ3v) is 4.54. The molecule has 0 amide bonds. The van der Waals surface area contributed by atoms with Gasteiger partial charge in [0, 0.05) is 32.2 Å². The van der Waals surface area contributed by atoms with Crippen LogP contribution in [0, 0.1) is 0 Å². The largest absolute Gasteiger partial charge is 0.264 e. The zero-order valence-electron chi connectivity index (χ0n) is 10.2. The molecule has 0 N–H and O–H groups in total. The fraction of sp³-hybridized carbons (Fsp3) is 0.167. The van der Waals surface area contributed by atoms with Crippen molar-refractivity contribution in [2.75, 3.05) is 7.05 Å². The van der Waals surface area contributed by atoms with Crippen molar-refractivity contribution < 1.29 is 8.42 Å². The highest BCUT2D eigenvalue weighted by Gasteiger charge is 2.21. The van der Waals surface area contributed by atoms with E-state index >= 15 is 0 Å². The zero-order valence-corrected chi connectivity index (χ0v) is 11.8. The first-order valence-electron chi connectivity index (χ1n) is 5.47. The third kappa shape index (κ3) is 3.28. The molecular weight excluding hydrogens is 286 g/mol. The van der Waals surface area contributed by atoms with Crippen molar-refractivity contribution in [3.8, 4) is 0 Å². The molecule has 5 nitrogen and oxygen atoms in total. The SMILES string of the molecule is CN(Cc1cccnc1)S(=O)(=O)c1ccnc(Cl)c1. The molecule has 0 saturated carbocycles. The van der Waals surface area contributed by atoms with E-state index in [1.807, 2.05) is 6.07 Å². The molecule has 0 bridgehead atoms. The number of pyridine rings is 2. The molecule has 0 aromatic carbocycles. The van der Waals surface area contributed by atoms with Crippen LogP contribution in [0.3, 0.4) is 0 Å². The highest BCUT2D eigenvalue weighted by Crippen LogP contribution is 2.18. The van der Waals surface area contributed by atoms with Crippen molar-refractivity contribution in [2.45, 2.75) is 11.4 Å². The standard InChI is InChI=1S/C12H12ClN3O2S/c1-16(9-10-3-2-5-14-8-10)19(17,18)11-4-6-15-12(13)7-11/h2-8H,9H2,1H3. The summed E-state index contributed by atoms with van der Waals surface area (Å²) in [6, 6.07) is 6.33. The Morgan fingerprint density at radius 3 is 2.74 bits per heavy atom. The minimum absolute atomic E-state index is 0.124. The third-order valence-electron chi connectivity index (χ3n) is 2.53. The minimum Gasteiger partial charge on any atom is -0.264 e. The first-order chi connectivity index (χ1) is 9.00. The number of halogens is 1. The monoisotopic (exact) mass is 297 g/mol. The van der Waals surface area contributed by atoms with Gasteiger partial charge in [0.1, 0.15) is 5.15 Å². The molecule has 0 fully saturated rings. The van der Waals surface area contributed by atoms with Crippen molar-refractivity contribution in [3.05, 3.63) is 53.6 Å². The van der Waals surface area contributed by atoms with Crippen molar-refractivity contribution in [1.29, 1.82) is 0 Å². The van der Waals surface area contributed by atoms with Gasteiger partial charge in [-0.15, -0.1) is 0 Å². The molecular formula is C12H12ClN3O2S. The van der Waals surface area contributed by atoms with Gasteiger partial charge in [-0.3, -0.25) is 4.98 Å². The Kier molecular flexibility index (Phi) is 4.14.